The van der Waals surface area contributed by atoms with E-state index >= 15 is 0 Å². The van der Waals surface area contributed by atoms with Crippen molar-refractivity contribution in [3.8, 4) is 17.2 Å². The third-order valence-corrected chi connectivity index (χ3v) is 8.14. The Bertz CT molecular complexity index is 1340. The molecule has 0 radical (unpaired) electrons. The second-order valence-electron chi connectivity index (χ2n) is 9.77. The molecule has 0 aliphatic carbocycles. The fraction of sp³-hybridized carbons (Fsp3) is 0.393. The number of likely N-dealkylation sites (tertiary alicyclic amines) is 1. The number of thiazole rings is 1. The van der Waals surface area contributed by atoms with Crippen LogP contribution in [0.1, 0.15) is 55.0 Å². The number of hydrogen-bond donors (Lipinski definition) is 0. The topological polar surface area (TPSA) is 81.2 Å². The minimum atomic E-state index is -1.04. The number of aromatic nitrogens is 1. The molecule has 0 N–H and O–H groups in total. The standard InChI is InChI=1S/C28H30ClN3O5S/c1-4-32(19-9-10-23-24(15-19)36-17-35-23)26(33)21-16-38-25(30-21)18-11-13-31(14-12-18)27(34)28(2,3)37-22-8-6-5-7-20(22)29/h5-10,15-16,18H,4,11-14,17H2,1-3H3. The van der Waals surface area contributed by atoms with Gasteiger partial charge in [0.05, 0.1) is 10.0 Å². The minimum Gasteiger partial charge on any atom is -0.476 e. The maximum absolute atomic E-state index is 13.3. The summed E-state index contributed by atoms with van der Waals surface area (Å²) in [5, 5.41) is 3.22. The molecule has 0 saturated carbocycles. The number of anilines is 1. The van der Waals surface area contributed by atoms with Crippen LogP contribution in [-0.4, -0.2) is 53.7 Å². The predicted molar refractivity (Wildman–Crippen MR) is 147 cm³/mol. The second kappa shape index (κ2) is 10.8. The highest BCUT2D eigenvalue weighted by Gasteiger charge is 2.37. The molecule has 1 aromatic heterocycles. The molecular weight excluding hydrogens is 526 g/mol. The molecule has 10 heteroatoms. The number of benzene rings is 2. The van der Waals surface area contributed by atoms with Crippen LogP contribution in [0.2, 0.25) is 5.02 Å². The largest absolute Gasteiger partial charge is 0.476 e. The van der Waals surface area contributed by atoms with Gasteiger partial charge in [0.15, 0.2) is 17.1 Å². The van der Waals surface area contributed by atoms with Gasteiger partial charge in [-0.3, -0.25) is 9.59 Å². The van der Waals surface area contributed by atoms with Crippen molar-refractivity contribution in [3.05, 3.63) is 63.6 Å². The Balaban J connectivity index is 1.21. The van der Waals surface area contributed by atoms with E-state index in [1.54, 1.807) is 30.9 Å². The van der Waals surface area contributed by atoms with E-state index in [-0.39, 0.29) is 24.5 Å². The fourth-order valence-corrected chi connectivity index (χ4v) is 5.90. The highest BCUT2D eigenvalue weighted by molar-refractivity contribution is 7.10. The summed E-state index contributed by atoms with van der Waals surface area (Å²) >= 11 is 7.72. The Morgan fingerprint density at radius 2 is 1.89 bits per heavy atom. The average molecular weight is 556 g/mol. The fourth-order valence-electron chi connectivity index (χ4n) is 4.76. The van der Waals surface area contributed by atoms with E-state index in [0.29, 0.717) is 47.6 Å². The highest BCUT2D eigenvalue weighted by atomic mass is 35.5. The molecule has 1 saturated heterocycles. The van der Waals surface area contributed by atoms with E-state index in [9.17, 15) is 9.59 Å². The number of rotatable bonds is 7. The maximum Gasteiger partial charge on any atom is 0.277 e. The molecule has 0 spiro atoms. The number of carbonyl (C=O) groups excluding carboxylic acids is 2. The monoisotopic (exact) mass is 555 g/mol. The van der Waals surface area contributed by atoms with Gasteiger partial charge in [0.1, 0.15) is 11.4 Å². The number of hydrogen-bond acceptors (Lipinski definition) is 7. The van der Waals surface area contributed by atoms with Crippen molar-refractivity contribution in [2.75, 3.05) is 31.3 Å². The van der Waals surface area contributed by atoms with E-state index in [1.165, 1.54) is 11.3 Å². The zero-order valence-electron chi connectivity index (χ0n) is 21.6. The lowest BCUT2D eigenvalue weighted by molar-refractivity contribution is -0.146. The third-order valence-electron chi connectivity index (χ3n) is 6.82. The molecule has 0 unspecified atom stereocenters. The van der Waals surface area contributed by atoms with Gasteiger partial charge in [-0.2, -0.15) is 0 Å². The quantitative estimate of drug-likeness (QED) is 0.369. The van der Waals surface area contributed by atoms with Gasteiger partial charge in [-0.1, -0.05) is 23.7 Å². The first kappa shape index (κ1) is 26.3. The van der Waals surface area contributed by atoms with Gasteiger partial charge >= 0.3 is 0 Å². The molecule has 0 atom stereocenters. The van der Waals surface area contributed by atoms with E-state index in [0.717, 1.165) is 23.5 Å². The zero-order chi connectivity index (χ0) is 26.9. The van der Waals surface area contributed by atoms with Gasteiger partial charge < -0.3 is 24.0 Å². The van der Waals surface area contributed by atoms with Crippen LogP contribution in [0.4, 0.5) is 5.69 Å². The SMILES string of the molecule is CCN(C(=O)c1csc(C2CCN(C(=O)C(C)(C)Oc3ccccc3Cl)CC2)n1)c1ccc2c(c1)OCO2. The molecule has 200 valence electrons. The van der Waals surface area contributed by atoms with Gasteiger partial charge in [0.25, 0.3) is 11.8 Å². The molecule has 3 heterocycles. The van der Waals surface area contributed by atoms with Crippen LogP contribution in [0.3, 0.4) is 0 Å². The van der Waals surface area contributed by atoms with E-state index in [2.05, 4.69) is 0 Å². The molecule has 38 heavy (non-hydrogen) atoms. The molecule has 2 amide bonds. The summed E-state index contributed by atoms with van der Waals surface area (Å²) in [7, 11) is 0. The van der Waals surface area contributed by atoms with Crippen LogP contribution < -0.4 is 19.1 Å². The Kier molecular flexibility index (Phi) is 7.49. The number of carbonyl (C=O) groups is 2. The first-order chi connectivity index (χ1) is 18.3. The second-order valence-corrected chi connectivity index (χ2v) is 11.1. The van der Waals surface area contributed by atoms with Crippen LogP contribution >= 0.6 is 22.9 Å². The van der Waals surface area contributed by atoms with Crippen molar-refractivity contribution in [1.82, 2.24) is 9.88 Å². The zero-order valence-corrected chi connectivity index (χ0v) is 23.2. The number of para-hydroxylation sites is 1. The minimum absolute atomic E-state index is 0.0758. The first-order valence-electron chi connectivity index (χ1n) is 12.7. The summed E-state index contributed by atoms with van der Waals surface area (Å²) in [5.74, 6) is 1.77. The summed E-state index contributed by atoms with van der Waals surface area (Å²) in [6.45, 7) is 7.34. The number of fused-ring (bicyclic) bond motifs is 1. The van der Waals surface area contributed by atoms with Gasteiger partial charge in [-0.25, -0.2) is 4.98 Å². The highest BCUT2D eigenvalue weighted by Crippen LogP contribution is 2.37. The van der Waals surface area contributed by atoms with Crippen LogP contribution in [0, 0.1) is 0 Å². The molecule has 2 aromatic carbocycles. The Labute approximate surface area is 231 Å². The Morgan fingerprint density at radius 3 is 2.63 bits per heavy atom. The van der Waals surface area contributed by atoms with E-state index in [1.807, 2.05) is 47.5 Å². The molecule has 1 fully saturated rings. The van der Waals surface area contributed by atoms with Crippen LogP contribution in [0.5, 0.6) is 17.2 Å². The van der Waals surface area contributed by atoms with Gasteiger partial charge in [0, 0.05) is 42.7 Å². The summed E-state index contributed by atoms with van der Waals surface area (Å²) in [6, 6.07) is 12.6. The van der Waals surface area contributed by atoms with Crippen LogP contribution in [-0.2, 0) is 4.79 Å². The van der Waals surface area contributed by atoms with Crippen molar-refractivity contribution in [1.29, 1.82) is 0 Å². The normalized spacial score (nSPS) is 15.4. The lowest BCUT2D eigenvalue weighted by Gasteiger charge is -2.36. The van der Waals surface area contributed by atoms with Gasteiger partial charge in [0.2, 0.25) is 6.79 Å². The van der Waals surface area contributed by atoms with Crippen molar-refractivity contribution in [2.24, 2.45) is 0 Å². The van der Waals surface area contributed by atoms with Crippen molar-refractivity contribution < 1.29 is 23.8 Å². The van der Waals surface area contributed by atoms with E-state index in [4.69, 9.17) is 30.8 Å². The number of nitrogens with zero attached hydrogens (tertiary/aromatic N) is 3. The van der Waals surface area contributed by atoms with Gasteiger partial charge in [-0.15, -0.1) is 11.3 Å². The molecule has 8 nitrogen and oxygen atoms in total. The Hall–Kier alpha value is -3.30. The summed E-state index contributed by atoms with van der Waals surface area (Å²) in [4.78, 5) is 34.8. The maximum atomic E-state index is 13.3. The van der Waals surface area contributed by atoms with Crippen molar-refractivity contribution >= 4 is 40.4 Å². The molecule has 0 bridgehead atoms. The van der Waals surface area contributed by atoms with Crippen molar-refractivity contribution in [2.45, 2.75) is 45.1 Å². The number of ether oxygens (including phenoxy) is 3. The smallest absolute Gasteiger partial charge is 0.277 e. The number of halogens is 1. The van der Waals surface area contributed by atoms with Crippen LogP contribution in [0.25, 0.3) is 0 Å². The lowest BCUT2D eigenvalue weighted by Crippen LogP contribution is -2.51. The summed E-state index contributed by atoms with van der Waals surface area (Å²) < 4.78 is 16.8. The third kappa shape index (κ3) is 5.31. The summed E-state index contributed by atoms with van der Waals surface area (Å²) in [6.07, 6.45) is 1.55. The molecule has 3 aromatic rings. The lowest BCUT2D eigenvalue weighted by atomic mass is 9.96. The number of piperidine rings is 1. The van der Waals surface area contributed by atoms with Gasteiger partial charge in [-0.05, 0) is 57.9 Å². The van der Waals surface area contributed by atoms with Crippen molar-refractivity contribution in [3.63, 3.8) is 0 Å². The van der Waals surface area contributed by atoms with Crippen LogP contribution in [0.15, 0.2) is 47.8 Å². The number of amides is 2. The first-order valence-corrected chi connectivity index (χ1v) is 13.9. The molecular formula is C28H30ClN3O5S. The molecule has 2 aliphatic rings. The summed E-state index contributed by atoms with van der Waals surface area (Å²) in [5.41, 5.74) is 0.124. The predicted octanol–water partition coefficient (Wildman–Crippen LogP) is 5.76. The molecule has 2 aliphatic heterocycles. The Morgan fingerprint density at radius 1 is 1.16 bits per heavy atom. The van der Waals surface area contributed by atoms with E-state index < -0.39 is 5.60 Å². The average Bonchev–Trinajstić information content (AvgIpc) is 3.60. The molecule has 5 rings (SSSR count).